The predicted molar refractivity (Wildman–Crippen MR) is 73.0 cm³/mol. The molecule has 0 saturated heterocycles. The summed E-state index contributed by atoms with van der Waals surface area (Å²) in [4.78, 5) is 0.423. The highest BCUT2D eigenvalue weighted by atomic mass is 79.9. The molecule has 1 atom stereocenters. The summed E-state index contributed by atoms with van der Waals surface area (Å²) in [6, 6.07) is 7.07. The van der Waals surface area contributed by atoms with E-state index in [0.29, 0.717) is 11.3 Å². The molecule has 2 rings (SSSR count). The van der Waals surface area contributed by atoms with Gasteiger partial charge in [0.15, 0.2) is 9.84 Å². The number of halogens is 1. The van der Waals surface area contributed by atoms with Crippen LogP contribution in [0.15, 0.2) is 39.7 Å². The zero-order valence-electron chi connectivity index (χ0n) is 9.69. The van der Waals surface area contributed by atoms with Crippen LogP contribution in [0.4, 0.5) is 0 Å². The maximum Gasteiger partial charge on any atom is 0.184 e. The molecule has 0 radical (unpaired) electrons. The van der Waals surface area contributed by atoms with Crippen molar-refractivity contribution in [2.75, 3.05) is 0 Å². The number of rotatable bonds is 2. The van der Waals surface area contributed by atoms with Gasteiger partial charge in [0.2, 0.25) is 0 Å². The molecule has 92 valence electrons. The van der Waals surface area contributed by atoms with Crippen molar-refractivity contribution in [3.63, 3.8) is 0 Å². The van der Waals surface area contributed by atoms with E-state index in [1.165, 1.54) is 0 Å². The van der Waals surface area contributed by atoms with E-state index >= 15 is 0 Å². The Morgan fingerprint density at radius 3 is 2.47 bits per heavy atom. The number of hydrogen-bond donors (Lipinski definition) is 0. The summed E-state index contributed by atoms with van der Waals surface area (Å²) in [5, 5.41) is -0.381. The van der Waals surface area contributed by atoms with Gasteiger partial charge in [-0.2, -0.15) is 0 Å². The first-order valence-corrected chi connectivity index (χ1v) is 8.01. The van der Waals surface area contributed by atoms with E-state index in [0.717, 1.165) is 22.9 Å². The molecule has 0 heterocycles. The Kier molecular flexibility index (Phi) is 3.73. The van der Waals surface area contributed by atoms with Crippen molar-refractivity contribution in [2.45, 2.75) is 36.3 Å². The molecule has 0 aromatic heterocycles. The summed E-state index contributed by atoms with van der Waals surface area (Å²) in [6.07, 6.45) is 4.41. The third-order valence-electron chi connectivity index (χ3n) is 3.02. The van der Waals surface area contributed by atoms with E-state index < -0.39 is 9.84 Å². The number of aryl methyl sites for hydroxylation is 1. The number of allylic oxidation sites excluding steroid dienone is 1. The van der Waals surface area contributed by atoms with Gasteiger partial charge < -0.3 is 0 Å². The fraction of sp³-hybridized carbons (Fsp3) is 0.385. The minimum Gasteiger partial charge on any atom is -0.223 e. The van der Waals surface area contributed by atoms with Gasteiger partial charge in [-0.05, 0) is 42.8 Å². The molecule has 0 fully saturated rings. The Balaban J connectivity index is 2.36. The second kappa shape index (κ2) is 4.94. The van der Waals surface area contributed by atoms with Crippen molar-refractivity contribution in [2.24, 2.45) is 0 Å². The topological polar surface area (TPSA) is 34.1 Å². The Labute approximate surface area is 111 Å². The van der Waals surface area contributed by atoms with Crippen LogP contribution in [0.3, 0.4) is 0 Å². The Hall–Kier alpha value is -0.610. The van der Waals surface area contributed by atoms with Gasteiger partial charge in [0.25, 0.3) is 0 Å². The third-order valence-corrected chi connectivity index (χ3v) is 5.78. The van der Waals surface area contributed by atoms with Gasteiger partial charge in [-0.3, -0.25) is 0 Å². The first-order chi connectivity index (χ1) is 8.00. The first kappa shape index (κ1) is 12.8. The normalized spacial score (nSPS) is 21.1. The molecule has 1 aromatic rings. The van der Waals surface area contributed by atoms with E-state index in [1.54, 1.807) is 12.1 Å². The molecule has 0 bridgehead atoms. The van der Waals surface area contributed by atoms with Gasteiger partial charge in [-0.1, -0.05) is 39.7 Å². The molecule has 0 aliphatic heterocycles. The Morgan fingerprint density at radius 2 is 1.88 bits per heavy atom. The molecular formula is C13H15BrO2S. The summed E-state index contributed by atoms with van der Waals surface area (Å²) < 4.78 is 25.8. The molecule has 0 N–H and O–H groups in total. The molecule has 1 aromatic carbocycles. The monoisotopic (exact) mass is 314 g/mol. The van der Waals surface area contributed by atoms with E-state index in [4.69, 9.17) is 0 Å². The Morgan fingerprint density at radius 1 is 1.24 bits per heavy atom. The summed E-state index contributed by atoms with van der Waals surface area (Å²) in [6.45, 7) is 1.95. The second-order valence-corrected chi connectivity index (χ2v) is 7.59. The predicted octanol–water partition coefficient (Wildman–Crippen LogP) is 3.60. The van der Waals surface area contributed by atoms with Gasteiger partial charge >= 0.3 is 0 Å². The van der Waals surface area contributed by atoms with Gasteiger partial charge in [-0.15, -0.1) is 0 Å². The van der Waals surface area contributed by atoms with Crippen molar-refractivity contribution >= 4 is 25.8 Å². The third kappa shape index (κ3) is 2.80. The lowest BCUT2D eigenvalue weighted by Gasteiger charge is -2.19. The quantitative estimate of drug-likeness (QED) is 0.835. The van der Waals surface area contributed by atoms with Crippen molar-refractivity contribution in [1.82, 2.24) is 0 Å². The van der Waals surface area contributed by atoms with Crippen LogP contribution < -0.4 is 0 Å². The average molecular weight is 315 g/mol. The maximum atomic E-state index is 12.4. The van der Waals surface area contributed by atoms with Crippen molar-refractivity contribution < 1.29 is 8.42 Å². The van der Waals surface area contributed by atoms with Crippen LogP contribution in [0.2, 0.25) is 0 Å². The lowest BCUT2D eigenvalue weighted by atomic mass is 10.1. The molecule has 4 heteroatoms. The smallest absolute Gasteiger partial charge is 0.184 e. The van der Waals surface area contributed by atoms with Crippen LogP contribution in [0.5, 0.6) is 0 Å². The standard InChI is InChI=1S/C13H15BrO2S/c1-10-5-7-12(8-6-10)17(15,16)13-4-2-3-11(14)9-13/h5-9,13H,2-4H2,1H3. The van der Waals surface area contributed by atoms with Crippen molar-refractivity contribution in [1.29, 1.82) is 0 Å². The molecule has 1 unspecified atom stereocenters. The number of hydrogen-bond acceptors (Lipinski definition) is 2. The average Bonchev–Trinajstić information content (AvgIpc) is 2.29. The number of sulfone groups is 1. The van der Waals surface area contributed by atoms with Crippen LogP contribution in [0.25, 0.3) is 0 Å². The summed E-state index contributed by atoms with van der Waals surface area (Å²) >= 11 is 3.40. The van der Waals surface area contributed by atoms with Gasteiger partial charge in [0.05, 0.1) is 10.1 Å². The van der Waals surface area contributed by atoms with Crippen molar-refractivity contribution in [3.05, 3.63) is 40.4 Å². The summed E-state index contributed by atoms with van der Waals surface area (Å²) in [5.41, 5.74) is 1.07. The largest absolute Gasteiger partial charge is 0.223 e. The first-order valence-electron chi connectivity index (χ1n) is 5.67. The molecule has 0 saturated carbocycles. The minimum atomic E-state index is -3.22. The van der Waals surface area contributed by atoms with E-state index in [1.807, 2.05) is 25.1 Å². The summed E-state index contributed by atoms with van der Waals surface area (Å²) in [7, 11) is -3.22. The zero-order valence-corrected chi connectivity index (χ0v) is 12.1. The molecule has 2 nitrogen and oxygen atoms in total. The van der Waals surface area contributed by atoms with Crippen LogP contribution in [-0.2, 0) is 9.84 Å². The van der Waals surface area contributed by atoms with E-state index in [2.05, 4.69) is 15.9 Å². The molecule has 1 aliphatic rings. The number of benzene rings is 1. The van der Waals surface area contributed by atoms with Crippen LogP contribution >= 0.6 is 15.9 Å². The molecular weight excluding hydrogens is 300 g/mol. The van der Waals surface area contributed by atoms with Crippen LogP contribution in [-0.4, -0.2) is 13.7 Å². The molecule has 17 heavy (non-hydrogen) atoms. The SMILES string of the molecule is Cc1ccc(S(=O)(=O)C2C=C(Br)CCC2)cc1. The van der Waals surface area contributed by atoms with Gasteiger partial charge in [0, 0.05) is 0 Å². The second-order valence-electron chi connectivity index (χ2n) is 4.40. The highest BCUT2D eigenvalue weighted by molar-refractivity contribution is 9.11. The molecule has 0 spiro atoms. The van der Waals surface area contributed by atoms with E-state index in [9.17, 15) is 8.42 Å². The van der Waals surface area contributed by atoms with Gasteiger partial charge in [-0.25, -0.2) is 8.42 Å². The molecule has 0 amide bonds. The van der Waals surface area contributed by atoms with Gasteiger partial charge in [0.1, 0.15) is 0 Å². The lowest BCUT2D eigenvalue weighted by molar-refractivity contribution is 0.577. The maximum absolute atomic E-state index is 12.4. The fourth-order valence-corrected chi connectivity index (χ4v) is 4.45. The fourth-order valence-electron chi connectivity index (χ4n) is 1.99. The highest BCUT2D eigenvalue weighted by Crippen LogP contribution is 2.29. The van der Waals surface area contributed by atoms with Crippen molar-refractivity contribution in [3.8, 4) is 0 Å². The van der Waals surface area contributed by atoms with E-state index in [-0.39, 0.29) is 5.25 Å². The minimum absolute atomic E-state index is 0.381. The summed E-state index contributed by atoms with van der Waals surface area (Å²) in [5.74, 6) is 0. The Bertz CT molecular complexity index is 529. The van der Waals surface area contributed by atoms with Crippen LogP contribution in [0, 0.1) is 6.92 Å². The highest BCUT2D eigenvalue weighted by Gasteiger charge is 2.27. The molecule has 1 aliphatic carbocycles. The van der Waals surface area contributed by atoms with Crippen LogP contribution in [0.1, 0.15) is 24.8 Å². The zero-order chi connectivity index (χ0) is 12.5. The lowest BCUT2D eigenvalue weighted by Crippen LogP contribution is -2.21.